The van der Waals surface area contributed by atoms with Gasteiger partial charge in [0.1, 0.15) is 0 Å². The van der Waals surface area contributed by atoms with Crippen LogP contribution in [0.1, 0.15) is 42.6 Å². The van der Waals surface area contributed by atoms with Crippen LogP contribution in [-0.4, -0.2) is 4.57 Å². The average Bonchev–Trinajstić information content (AvgIpc) is 2.64. The molecule has 15 heavy (non-hydrogen) atoms. The highest BCUT2D eigenvalue weighted by Crippen LogP contribution is 2.44. The van der Waals surface area contributed by atoms with Gasteiger partial charge in [-0.2, -0.15) is 0 Å². The lowest BCUT2D eigenvalue weighted by Crippen LogP contribution is -2.06. The standard InChI is InChI=1S/C14H17N/c1-8-10(3)15-11(4)9(2)13-7-5-6-12(8)14(13)15/h5-8,10H,1-4H3/t8-,10-/m1/s1. The summed E-state index contributed by atoms with van der Waals surface area (Å²) in [6, 6.07) is 7.34. The SMILES string of the molecule is Cc1c(C)n2c3c(cccc13)[C@H](C)[C@H]2C. The number of benzene rings is 1. The van der Waals surface area contributed by atoms with Crippen LogP contribution in [0.5, 0.6) is 0 Å². The highest BCUT2D eigenvalue weighted by atomic mass is 15.0. The van der Waals surface area contributed by atoms with Gasteiger partial charge in [0.2, 0.25) is 0 Å². The molecule has 0 radical (unpaired) electrons. The van der Waals surface area contributed by atoms with Gasteiger partial charge in [0.05, 0.1) is 5.52 Å². The maximum absolute atomic E-state index is 2.52. The first-order valence-corrected chi connectivity index (χ1v) is 5.73. The fourth-order valence-electron chi connectivity index (χ4n) is 3.04. The van der Waals surface area contributed by atoms with Gasteiger partial charge in [-0.3, -0.25) is 0 Å². The van der Waals surface area contributed by atoms with Crippen molar-refractivity contribution in [1.29, 1.82) is 0 Å². The van der Waals surface area contributed by atoms with Crippen molar-refractivity contribution in [2.24, 2.45) is 0 Å². The van der Waals surface area contributed by atoms with Crippen molar-refractivity contribution in [2.45, 2.75) is 39.7 Å². The van der Waals surface area contributed by atoms with Crippen molar-refractivity contribution in [1.82, 2.24) is 4.57 Å². The van der Waals surface area contributed by atoms with Crippen LogP contribution in [0.2, 0.25) is 0 Å². The van der Waals surface area contributed by atoms with E-state index >= 15 is 0 Å². The normalized spacial score (nSPS) is 24.0. The topological polar surface area (TPSA) is 4.93 Å². The number of para-hydroxylation sites is 1. The maximum Gasteiger partial charge on any atom is 0.0523 e. The lowest BCUT2D eigenvalue weighted by atomic mass is 9.95. The van der Waals surface area contributed by atoms with Gasteiger partial charge >= 0.3 is 0 Å². The Bertz CT molecular complexity index is 548. The Morgan fingerprint density at radius 1 is 1.13 bits per heavy atom. The number of nitrogens with zero attached hydrogens (tertiary/aromatic N) is 1. The second-order valence-electron chi connectivity index (χ2n) is 4.85. The molecule has 0 aliphatic carbocycles. The molecular weight excluding hydrogens is 182 g/mol. The zero-order valence-corrected chi connectivity index (χ0v) is 9.83. The number of aryl methyl sites for hydroxylation is 1. The van der Waals surface area contributed by atoms with Crippen LogP contribution in [-0.2, 0) is 0 Å². The van der Waals surface area contributed by atoms with Gasteiger partial charge in [0.25, 0.3) is 0 Å². The Kier molecular flexibility index (Phi) is 1.60. The molecule has 1 aliphatic heterocycles. The smallest absolute Gasteiger partial charge is 0.0523 e. The average molecular weight is 199 g/mol. The summed E-state index contributed by atoms with van der Waals surface area (Å²) in [5, 5.41) is 1.45. The number of aromatic nitrogens is 1. The Morgan fingerprint density at radius 2 is 1.87 bits per heavy atom. The van der Waals surface area contributed by atoms with Crippen molar-refractivity contribution in [3.05, 3.63) is 35.0 Å². The Labute approximate surface area is 90.7 Å². The molecule has 2 heterocycles. The van der Waals surface area contributed by atoms with Gasteiger partial charge in [0.15, 0.2) is 0 Å². The molecular formula is C14H17N. The molecule has 0 saturated carbocycles. The molecule has 2 atom stereocenters. The van der Waals surface area contributed by atoms with Gasteiger partial charge < -0.3 is 4.57 Å². The van der Waals surface area contributed by atoms with Crippen molar-refractivity contribution < 1.29 is 0 Å². The fraction of sp³-hybridized carbons (Fsp3) is 0.429. The number of rotatable bonds is 0. The third-order valence-electron chi connectivity index (χ3n) is 4.24. The number of hydrogen-bond donors (Lipinski definition) is 0. The molecule has 3 rings (SSSR count). The molecule has 78 valence electrons. The van der Waals surface area contributed by atoms with Gasteiger partial charge in [-0.25, -0.2) is 0 Å². The summed E-state index contributed by atoms with van der Waals surface area (Å²) in [5.41, 5.74) is 5.89. The van der Waals surface area contributed by atoms with Crippen molar-refractivity contribution >= 4 is 10.9 Å². The van der Waals surface area contributed by atoms with Gasteiger partial charge in [-0.15, -0.1) is 0 Å². The van der Waals surface area contributed by atoms with E-state index in [2.05, 4.69) is 50.5 Å². The highest BCUT2D eigenvalue weighted by Gasteiger charge is 2.30. The molecule has 1 heteroatoms. The summed E-state index contributed by atoms with van der Waals surface area (Å²) in [7, 11) is 0. The minimum atomic E-state index is 0.610. The second kappa shape index (κ2) is 2.66. The molecule has 1 nitrogen and oxygen atoms in total. The van der Waals surface area contributed by atoms with Crippen LogP contribution >= 0.6 is 0 Å². The summed E-state index contributed by atoms with van der Waals surface area (Å²) < 4.78 is 2.52. The van der Waals surface area contributed by atoms with Gasteiger partial charge in [-0.1, -0.05) is 25.1 Å². The van der Waals surface area contributed by atoms with E-state index in [0.29, 0.717) is 12.0 Å². The summed E-state index contributed by atoms with van der Waals surface area (Å²) >= 11 is 0. The van der Waals surface area contributed by atoms with Crippen LogP contribution < -0.4 is 0 Å². The van der Waals surface area contributed by atoms with Crippen LogP contribution in [0.3, 0.4) is 0 Å². The molecule has 0 fully saturated rings. The monoisotopic (exact) mass is 199 g/mol. The molecule has 1 aliphatic rings. The Hall–Kier alpha value is -1.24. The van der Waals surface area contributed by atoms with E-state index < -0.39 is 0 Å². The molecule has 0 unspecified atom stereocenters. The van der Waals surface area contributed by atoms with Crippen molar-refractivity contribution in [3.8, 4) is 0 Å². The minimum absolute atomic E-state index is 0.610. The summed E-state index contributed by atoms with van der Waals surface area (Å²) in [5.74, 6) is 0.656. The summed E-state index contributed by atoms with van der Waals surface area (Å²) in [6.45, 7) is 9.14. The highest BCUT2D eigenvalue weighted by molar-refractivity contribution is 5.90. The van der Waals surface area contributed by atoms with E-state index in [1.54, 1.807) is 0 Å². The first-order valence-electron chi connectivity index (χ1n) is 5.73. The Balaban J connectivity index is 2.54. The van der Waals surface area contributed by atoms with E-state index in [4.69, 9.17) is 0 Å². The van der Waals surface area contributed by atoms with E-state index in [-0.39, 0.29) is 0 Å². The molecule has 0 spiro atoms. The summed E-state index contributed by atoms with van der Waals surface area (Å²) in [4.78, 5) is 0. The first kappa shape index (κ1) is 9.02. The zero-order chi connectivity index (χ0) is 10.7. The van der Waals surface area contributed by atoms with Crippen molar-refractivity contribution in [2.75, 3.05) is 0 Å². The molecule has 0 N–H and O–H groups in total. The summed E-state index contributed by atoms with van der Waals surface area (Å²) in [6.07, 6.45) is 0. The molecule has 0 amide bonds. The lowest BCUT2D eigenvalue weighted by Gasteiger charge is -2.15. The Morgan fingerprint density at radius 3 is 2.60 bits per heavy atom. The lowest BCUT2D eigenvalue weighted by molar-refractivity contribution is 0.506. The van der Waals surface area contributed by atoms with Gasteiger partial charge in [0, 0.05) is 23.0 Å². The molecule has 0 bridgehead atoms. The molecule has 1 aromatic carbocycles. The maximum atomic E-state index is 2.52. The third-order valence-corrected chi connectivity index (χ3v) is 4.24. The molecule has 1 aromatic heterocycles. The van der Waals surface area contributed by atoms with Crippen LogP contribution in [0.25, 0.3) is 10.9 Å². The van der Waals surface area contributed by atoms with E-state index in [0.717, 1.165) is 0 Å². The van der Waals surface area contributed by atoms with E-state index in [1.165, 1.54) is 27.7 Å². The molecule has 0 saturated heterocycles. The largest absolute Gasteiger partial charge is 0.341 e. The quantitative estimate of drug-likeness (QED) is 0.605. The predicted molar refractivity (Wildman–Crippen MR) is 64.5 cm³/mol. The fourth-order valence-corrected chi connectivity index (χ4v) is 3.04. The van der Waals surface area contributed by atoms with Gasteiger partial charge in [-0.05, 0) is 31.9 Å². The second-order valence-corrected chi connectivity index (χ2v) is 4.85. The zero-order valence-electron chi connectivity index (χ0n) is 9.83. The predicted octanol–water partition coefficient (Wildman–Crippen LogP) is 3.94. The molecule has 2 aromatic rings. The minimum Gasteiger partial charge on any atom is -0.341 e. The van der Waals surface area contributed by atoms with E-state index in [1.807, 2.05) is 0 Å². The van der Waals surface area contributed by atoms with Crippen LogP contribution in [0.4, 0.5) is 0 Å². The number of hydrogen-bond acceptors (Lipinski definition) is 0. The third kappa shape index (κ3) is 0.889. The first-order chi connectivity index (χ1) is 7.13. The van der Waals surface area contributed by atoms with Crippen LogP contribution in [0.15, 0.2) is 18.2 Å². The van der Waals surface area contributed by atoms with Crippen LogP contribution in [0, 0.1) is 13.8 Å². The van der Waals surface area contributed by atoms with Crippen molar-refractivity contribution in [3.63, 3.8) is 0 Å². The van der Waals surface area contributed by atoms with E-state index in [9.17, 15) is 0 Å².